The van der Waals surface area contributed by atoms with Gasteiger partial charge in [-0.15, -0.1) is 11.3 Å². The molecule has 2 saturated carbocycles. The number of rotatable bonds is 4. The summed E-state index contributed by atoms with van der Waals surface area (Å²) in [5.41, 5.74) is -0.365. The zero-order valence-corrected chi connectivity index (χ0v) is 12.8. The Labute approximate surface area is 124 Å². The maximum Gasteiger partial charge on any atom is 0.108 e. The van der Waals surface area contributed by atoms with E-state index in [1.165, 1.54) is 25.7 Å². The van der Waals surface area contributed by atoms with E-state index < -0.39 is 5.60 Å². The molecule has 1 saturated heterocycles. The van der Waals surface area contributed by atoms with E-state index in [-0.39, 0.29) is 0 Å². The normalized spacial score (nSPS) is 37.0. The van der Waals surface area contributed by atoms with Gasteiger partial charge in [-0.3, -0.25) is 0 Å². The Kier molecular flexibility index (Phi) is 3.01. The highest BCUT2D eigenvalue weighted by atomic mass is 32.1. The summed E-state index contributed by atoms with van der Waals surface area (Å²) in [5.74, 6) is 0.675. The van der Waals surface area contributed by atoms with Crippen molar-refractivity contribution in [2.45, 2.75) is 50.4 Å². The molecule has 20 heavy (non-hydrogen) atoms. The van der Waals surface area contributed by atoms with E-state index in [2.05, 4.69) is 5.32 Å². The molecule has 1 spiro atoms. The lowest BCUT2D eigenvalue weighted by Gasteiger charge is -2.63. The van der Waals surface area contributed by atoms with Crippen LogP contribution >= 0.6 is 11.3 Å². The molecule has 2 heterocycles. The highest BCUT2D eigenvalue weighted by molar-refractivity contribution is 7.10. The van der Waals surface area contributed by atoms with Gasteiger partial charge in [-0.05, 0) is 37.6 Å². The second kappa shape index (κ2) is 4.54. The first kappa shape index (κ1) is 13.3. The molecular formula is C16H23NO2S. The van der Waals surface area contributed by atoms with E-state index in [0.29, 0.717) is 30.0 Å². The van der Waals surface area contributed by atoms with Crippen LogP contribution in [0.2, 0.25) is 0 Å². The highest BCUT2D eigenvalue weighted by Gasteiger charge is 2.66. The third kappa shape index (κ3) is 1.75. The molecule has 3 aliphatic rings. The van der Waals surface area contributed by atoms with Gasteiger partial charge < -0.3 is 15.2 Å². The second-order valence-corrected chi connectivity index (χ2v) is 7.89. The lowest BCUT2D eigenvalue weighted by Crippen LogP contribution is -2.71. The van der Waals surface area contributed by atoms with Crippen molar-refractivity contribution in [1.82, 2.24) is 5.32 Å². The Morgan fingerprint density at radius 2 is 2.40 bits per heavy atom. The van der Waals surface area contributed by atoms with Crippen LogP contribution in [0.3, 0.4) is 0 Å². The fraction of sp³-hybridized carbons (Fsp3) is 0.750. The lowest BCUT2D eigenvalue weighted by molar-refractivity contribution is -0.178. The van der Waals surface area contributed by atoms with Crippen molar-refractivity contribution < 1.29 is 9.84 Å². The monoisotopic (exact) mass is 293 g/mol. The minimum atomic E-state index is -0.760. The van der Waals surface area contributed by atoms with E-state index in [1.54, 1.807) is 11.3 Å². The fourth-order valence-electron chi connectivity index (χ4n) is 4.54. The zero-order valence-electron chi connectivity index (χ0n) is 12.0. The Bertz CT molecular complexity index is 481. The minimum absolute atomic E-state index is 0.396. The summed E-state index contributed by atoms with van der Waals surface area (Å²) >= 11 is 1.63. The van der Waals surface area contributed by atoms with E-state index in [4.69, 9.17) is 4.74 Å². The number of thiophene rings is 1. The van der Waals surface area contributed by atoms with Crippen molar-refractivity contribution in [3.63, 3.8) is 0 Å². The summed E-state index contributed by atoms with van der Waals surface area (Å²) in [6.07, 6.45) is 5.62. The van der Waals surface area contributed by atoms with Gasteiger partial charge in [0.05, 0.1) is 6.10 Å². The Morgan fingerprint density at radius 3 is 3.05 bits per heavy atom. The molecule has 1 aliphatic heterocycles. The molecule has 110 valence electrons. The predicted molar refractivity (Wildman–Crippen MR) is 79.8 cm³/mol. The molecule has 0 aromatic carbocycles. The number of hydrogen-bond acceptors (Lipinski definition) is 4. The summed E-state index contributed by atoms with van der Waals surface area (Å²) in [5, 5.41) is 16.4. The van der Waals surface area contributed by atoms with Gasteiger partial charge in [0.2, 0.25) is 0 Å². The average molecular weight is 293 g/mol. The van der Waals surface area contributed by atoms with Crippen LogP contribution in [-0.2, 0) is 10.3 Å². The number of nitrogens with one attached hydrogen (secondary N) is 1. The first-order chi connectivity index (χ1) is 9.63. The summed E-state index contributed by atoms with van der Waals surface area (Å²) < 4.78 is 5.94. The number of fused-ring (bicyclic) bond motifs is 2. The van der Waals surface area contributed by atoms with Crippen LogP contribution < -0.4 is 5.32 Å². The van der Waals surface area contributed by atoms with Crippen molar-refractivity contribution >= 4 is 11.3 Å². The molecule has 0 radical (unpaired) electrons. The molecule has 0 bridgehead atoms. The molecule has 4 unspecified atom stereocenters. The Hall–Kier alpha value is -0.420. The van der Waals surface area contributed by atoms with Crippen molar-refractivity contribution in [2.75, 3.05) is 13.2 Å². The molecule has 3 fully saturated rings. The average Bonchev–Trinajstić information content (AvgIpc) is 2.97. The van der Waals surface area contributed by atoms with Crippen LogP contribution in [0.25, 0.3) is 0 Å². The maximum absolute atomic E-state index is 10.7. The van der Waals surface area contributed by atoms with Gasteiger partial charge in [0, 0.05) is 35.4 Å². The van der Waals surface area contributed by atoms with Crippen LogP contribution in [0.5, 0.6) is 0 Å². The van der Waals surface area contributed by atoms with Crippen LogP contribution in [-0.4, -0.2) is 30.4 Å². The lowest BCUT2D eigenvalue weighted by atomic mass is 9.46. The van der Waals surface area contributed by atoms with Crippen molar-refractivity contribution in [2.24, 2.45) is 11.3 Å². The van der Waals surface area contributed by atoms with Crippen LogP contribution in [0.4, 0.5) is 0 Å². The standard InChI is InChI=1S/C16H23NO2S/c1-15(18,12-4-2-9-20-12)10-17-13-11-5-8-19-14(11)16(13)6-3-7-16/h2,4,9,11,13-14,17-18H,3,5-8,10H2,1H3. The van der Waals surface area contributed by atoms with Gasteiger partial charge in [0.25, 0.3) is 0 Å². The third-order valence-electron chi connectivity index (χ3n) is 5.75. The van der Waals surface area contributed by atoms with Gasteiger partial charge in [0.15, 0.2) is 0 Å². The van der Waals surface area contributed by atoms with Crippen LogP contribution in [0.1, 0.15) is 37.5 Å². The number of aliphatic hydroxyl groups is 1. The molecule has 2 aliphatic carbocycles. The number of ether oxygens (including phenoxy) is 1. The van der Waals surface area contributed by atoms with Gasteiger partial charge >= 0.3 is 0 Å². The predicted octanol–water partition coefficient (Wildman–Crippen LogP) is 2.50. The molecule has 4 heteroatoms. The van der Waals surface area contributed by atoms with Crippen LogP contribution in [0, 0.1) is 11.3 Å². The first-order valence-electron chi connectivity index (χ1n) is 7.75. The van der Waals surface area contributed by atoms with Crippen molar-refractivity contribution in [3.05, 3.63) is 22.4 Å². The van der Waals surface area contributed by atoms with Crippen molar-refractivity contribution in [1.29, 1.82) is 0 Å². The molecule has 0 amide bonds. The molecule has 3 nitrogen and oxygen atoms in total. The van der Waals surface area contributed by atoms with E-state index in [1.807, 2.05) is 24.4 Å². The molecule has 1 aromatic heterocycles. The van der Waals surface area contributed by atoms with E-state index in [9.17, 15) is 5.11 Å². The highest BCUT2D eigenvalue weighted by Crippen LogP contribution is 2.62. The summed E-state index contributed by atoms with van der Waals surface area (Å²) in [6.45, 7) is 3.49. The van der Waals surface area contributed by atoms with Gasteiger partial charge in [-0.1, -0.05) is 12.5 Å². The zero-order chi connectivity index (χ0) is 13.8. The maximum atomic E-state index is 10.7. The Balaban J connectivity index is 1.44. The third-order valence-corrected chi connectivity index (χ3v) is 6.88. The van der Waals surface area contributed by atoms with Crippen molar-refractivity contribution in [3.8, 4) is 0 Å². The molecule has 4 atom stereocenters. The minimum Gasteiger partial charge on any atom is -0.383 e. The SMILES string of the molecule is CC(O)(CNC1C2CCOC2C12CCC2)c1cccs1. The Morgan fingerprint density at radius 1 is 1.55 bits per heavy atom. The molecular weight excluding hydrogens is 270 g/mol. The van der Waals surface area contributed by atoms with Gasteiger partial charge in [-0.2, -0.15) is 0 Å². The first-order valence-corrected chi connectivity index (χ1v) is 8.63. The molecule has 2 N–H and O–H groups in total. The quantitative estimate of drug-likeness (QED) is 0.896. The smallest absolute Gasteiger partial charge is 0.108 e. The molecule has 1 aromatic rings. The summed E-state index contributed by atoms with van der Waals surface area (Å²) in [7, 11) is 0. The van der Waals surface area contributed by atoms with Crippen LogP contribution in [0.15, 0.2) is 17.5 Å². The number of hydrogen-bond donors (Lipinski definition) is 2. The largest absolute Gasteiger partial charge is 0.383 e. The van der Waals surface area contributed by atoms with Gasteiger partial charge in [0.1, 0.15) is 5.60 Å². The fourth-order valence-corrected chi connectivity index (χ4v) is 5.33. The topological polar surface area (TPSA) is 41.5 Å². The van der Waals surface area contributed by atoms with Gasteiger partial charge in [-0.25, -0.2) is 0 Å². The summed E-state index contributed by atoms with van der Waals surface area (Å²) in [4.78, 5) is 1.05. The summed E-state index contributed by atoms with van der Waals surface area (Å²) in [6, 6.07) is 4.58. The van der Waals surface area contributed by atoms with E-state index in [0.717, 1.165) is 11.5 Å². The molecule has 4 rings (SSSR count). The van der Waals surface area contributed by atoms with E-state index >= 15 is 0 Å². The second-order valence-electron chi connectivity index (χ2n) is 6.94.